The molecule has 1 heterocycles. The summed E-state index contributed by atoms with van der Waals surface area (Å²) in [6, 6.07) is 4.08. The van der Waals surface area contributed by atoms with Crippen LogP contribution in [0.25, 0.3) is 0 Å². The molecule has 1 rings (SSSR count). The van der Waals surface area contributed by atoms with Crippen molar-refractivity contribution in [3.8, 4) is 0 Å². The van der Waals surface area contributed by atoms with Gasteiger partial charge in [-0.05, 0) is 24.6 Å². The van der Waals surface area contributed by atoms with Crippen molar-refractivity contribution in [1.82, 2.24) is 15.2 Å². The van der Waals surface area contributed by atoms with E-state index in [0.717, 1.165) is 25.6 Å². The van der Waals surface area contributed by atoms with Crippen molar-refractivity contribution in [3.63, 3.8) is 0 Å². The van der Waals surface area contributed by atoms with Gasteiger partial charge in [-0.2, -0.15) is 0 Å². The summed E-state index contributed by atoms with van der Waals surface area (Å²) in [5.74, 6) is 0.790. The van der Waals surface area contributed by atoms with Crippen molar-refractivity contribution in [2.75, 3.05) is 26.7 Å². The van der Waals surface area contributed by atoms with Crippen LogP contribution in [0.5, 0.6) is 0 Å². The number of pyridine rings is 1. The van der Waals surface area contributed by atoms with E-state index in [0.29, 0.717) is 0 Å². The van der Waals surface area contributed by atoms with Gasteiger partial charge in [0, 0.05) is 38.6 Å². The van der Waals surface area contributed by atoms with Gasteiger partial charge >= 0.3 is 0 Å². The first-order valence-electron chi connectivity index (χ1n) is 6.50. The van der Waals surface area contributed by atoms with Crippen LogP contribution in [-0.2, 0) is 6.54 Å². The summed E-state index contributed by atoms with van der Waals surface area (Å²) in [4.78, 5) is 6.49. The second kappa shape index (κ2) is 8.20. The smallest absolute Gasteiger partial charge is 0.0312 e. The predicted octanol–water partition coefficient (Wildman–Crippen LogP) is 2.15. The second-order valence-electron chi connectivity index (χ2n) is 4.81. The van der Waals surface area contributed by atoms with Crippen molar-refractivity contribution in [3.05, 3.63) is 30.1 Å². The monoisotopic (exact) mass is 235 g/mol. The van der Waals surface area contributed by atoms with E-state index in [1.165, 1.54) is 18.5 Å². The lowest BCUT2D eigenvalue weighted by Crippen LogP contribution is -2.31. The minimum atomic E-state index is 0.790. The maximum absolute atomic E-state index is 4.10. The molecule has 1 unspecified atom stereocenters. The summed E-state index contributed by atoms with van der Waals surface area (Å²) in [5.41, 5.74) is 1.25. The van der Waals surface area contributed by atoms with E-state index in [9.17, 15) is 0 Å². The van der Waals surface area contributed by atoms with Gasteiger partial charge < -0.3 is 10.2 Å². The molecule has 0 saturated heterocycles. The molecule has 0 bridgehead atoms. The quantitative estimate of drug-likeness (QED) is 0.700. The molecule has 1 atom stereocenters. The van der Waals surface area contributed by atoms with Gasteiger partial charge in [0.2, 0.25) is 0 Å². The van der Waals surface area contributed by atoms with Gasteiger partial charge in [-0.3, -0.25) is 4.98 Å². The van der Waals surface area contributed by atoms with Crippen LogP contribution in [-0.4, -0.2) is 36.6 Å². The maximum Gasteiger partial charge on any atom is 0.0312 e. The molecule has 0 aliphatic carbocycles. The highest BCUT2D eigenvalue weighted by Crippen LogP contribution is 2.01. The SMILES string of the molecule is CCC(C)CN(C)CCNCc1cccnc1. The number of nitrogens with zero attached hydrogens (tertiary/aromatic N) is 2. The van der Waals surface area contributed by atoms with Gasteiger partial charge in [0.05, 0.1) is 0 Å². The van der Waals surface area contributed by atoms with Crippen molar-refractivity contribution in [1.29, 1.82) is 0 Å². The van der Waals surface area contributed by atoms with Gasteiger partial charge in [-0.15, -0.1) is 0 Å². The van der Waals surface area contributed by atoms with E-state index in [-0.39, 0.29) is 0 Å². The summed E-state index contributed by atoms with van der Waals surface area (Å²) < 4.78 is 0. The molecule has 17 heavy (non-hydrogen) atoms. The van der Waals surface area contributed by atoms with Gasteiger partial charge in [0.1, 0.15) is 0 Å². The van der Waals surface area contributed by atoms with Gasteiger partial charge in [0.25, 0.3) is 0 Å². The van der Waals surface area contributed by atoms with Crippen LogP contribution in [0.3, 0.4) is 0 Å². The van der Waals surface area contributed by atoms with E-state index in [1.807, 2.05) is 18.5 Å². The summed E-state index contributed by atoms with van der Waals surface area (Å²) in [7, 11) is 2.19. The largest absolute Gasteiger partial charge is 0.311 e. The molecule has 0 radical (unpaired) electrons. The van der Waals surface area contributed by atoms with E-state index in [2.05, 4.69) is 42.2 Å². The molecule has 1 aromatic heterocycles. The summed E-state index contributed by atoms with van der Waals surface area (Å²) >= 11 is 0. The Balaban J connectivity index is 2.08. The topological polar surface area (TPSA) is 28.2 Å². The molecule has 96 valence electrons. The average Bonchev–Trinajstić information content (AvgIpc) is 2.36. The Morgan fingerprint density at radius 3 is 2.94 bits per heavy atom. The zero-order chi connectivity index (χ0) is 12.5. The molecular formula is C14H25N3. The fourth-order valence-electron chi connectivity index (χ4n) is 1.76. The molecule has 0 aliphatic heterocycles. The number of aromatic nitrogens is 1. The van der Waals surface area contributed by atoms with Crippen molar-refractivity contribution >= 4 is 0 Å². The van der Waals surface area contributed by atoms with E-state index < -0.39 is 0 Å². The molecule has 3 heteroatoms. The molecule has 1 N–H and O–H groups in total. The Hall–Kier alpha value is -0.930. The first-order chi connectivity index (χ1) is 8.22. The lowest BCUT2D eigenvalue weighted by atomic mass is 10.1. The maximum atomic E-state index is 4.10. The van der Waals surface area contributed by atoms with Crippen molar-refractivity contribution < 1.29 is 0 Å². The van der Waals surface area contributed by atoms with Crippen LogP contribution in [0.4, 0.5) is 0 Å². The predicted molar refractivity (Wildman–Crippen MR) is 72.9 cm³/mol. The molecule has 0 fully saturated rings. The van der Waals surface area contributed by atoms with Gasteiger partial charge in [-0.1, -0.05) is 26.3 Å². The van der Waals surface area contributed by atoms with E-state index >= 15 is 0 Å². The van der Waals surface area contributed by atoms with Gasteiger partial charge in [0.15, 0.2) is 0 Å². The minimum absolute atomic E-state index is 0.790. The number of likely N-dealkylation sites (N-methyl/N-ethyl adjacent to an activating group) is 1. The van der Waals surface area contributed by atoms with Crippen molar-refractivity contribution in [2.24, 2.45) is 5.92 Å². The number of rotatable bonds is 8. The Labute approximate surface area is 105 Å². The van der Waals surface area contributed by atoms with Crippen molar-refractivity contribution in [2.45, 2.75) is 26.8 Å². The number of hydrogen-bond acceptors (Lipinski definition) is 3. The molecule has 0 amide bonds. The fourth-order valence-corrected chi connectivity index (χ4v) is 1.76. The average molecular weight is 235 g/mol. The third kappa shape index (κ3) is 6.39. The summed E-state index contributed by atoms with van der Waals surface area (Å²) in [6.45, 7) is 8.78. The molecule has 0 spiro atoms. The Bertz CT molecular complexity index is 287. The van der Waals surface area contributed by atoms with Crippen LogP contribution >= 0.6 is 0 Å². The lowest BCUT2D eigenvalue weighted by molar-refractivity contribution is 0.281. The molecule has 1 aromatic rings. The standard InChI is InChI=1S/C14H25N3/c1-4-13(2)12-17(3)9-8-16-11-14-6-5-7-15-10-14/h5-7,10,13,16H,4,8-9,11-12H2,1-3H3. The Morgan fingerprint density at radius 1 is 1.47 bits per heavy atom. The van der Waals surface area contributed by atoms with E-state index in [1.54, 1.807) is 0 Å². The number of hydrogen-bond donors (Lipinski definition) is 1. The highest BCUT2D eigenvalue weighted by atomic mass is 15.1. The third-order valence-electron chi connectivity index (χ3n) is 3.04. The fraction of sp³-hybridized carbons (Fsp3) is 0.643. The Morgan fingerprint density at radius 2 is 2.29 bits per heavy atom. The minimum Gasteiger partial charge on any atom is -0.311 e. The molecule has 0 aliphatic rings. The molecular weight excluding hydrogens is 210 g/mol. The van der Waals surface area contributed by atoms with Crippen LogP contribution in [0.1, 0.15) is 25.8 Å². The summed E-state index contributed by atoms with van der Waals surface area (Å²) in [6.07, 6.45) is 4.98. The second-order valence-corrected chi connectivity index (χ2v) is 4.81. The lowest BCUT2D eigenvalue weighted by Gasteiger charge is -2.20. The Kier molecular flexibility index (Phi) is 6.82. The first kappa shape index (κ1) is 14.1. The highest BCUT2D eigenvalue weighted by Gasteiger charge is 2.03. The first-order valence-corrected chi connectivity index (χ1v) is 6.50. The highest BCUT2D eigenvalue weighted by molar-refractivity contribution is 5.07. The molecule has 3 nitrogen and oxygen atoms in total. The zero-order valence-electron chi connectivity index (χ0n) is 11.3. The van der Waals surface area contributed by atoms with Crippen LogP contribution in [0.15, 0.2) is 24.5 Å². The van der Waals surface area contributed by atoms with Crippen LogP contribution < -0.4 is 5.32 Å². The van der Waals surface area contributed by atoms with E-state index in [4.69, 9.17) is 0 Å². The van der Waals surface area contributed by atoms with Crippen LogP contribution in [0, 0.1) is 5.92 Å². The molecule has 0 saturated carbocycles. The molecule has 0 aromatic carbocycles. The van der Waals surface area contributed by atoms with Gasteiger partial charge in [-0.25, -0.2) is 0 Å². The van der Waals surface area contributed by atoms with Crippen LogP contribution in [0.2, 0.25) is 0 Å². The zero-order valence-corrected chi connectivity index (χ0v) is 11.3. The summed E-state index contributed by atoms with van der Waals surface area (Å²) in [5, 5.41) is 3.44. The normalized spacial score (nSPS) is 12.9. The number of nitrogens with one attached hydrogen (secondary N) is 1. The third-order valence-corrected chi connectivity index (χ3v) is 3.04.